The van der Waals surface area contributed by atoms with Crippen LogP contribution in [0.3, 0.4) is 0 Å². The number of rotatable bonds is 6. The Bertz CT molecular complexity index is 211. The highest BCUT2D eigenvalue weighted by Crippen LogP contribution is 2.38. The predicted octanol–water partition coefficient (Wildman–Crippen LogP) is 2.71. The summed E-state index contributed by atoms with van der Waals surface area (Å²) in [5.41, 5.74) is 0.220. The fourth-order valence-electron chi connectivity index (χ4n) is 3.23. The molecule has 0 radical (unpaired) electrons. The lowest BCUT2D eigenvalue weighted by molar-refractivity contribution is 0.0806. The van der Waals surface area contributed by atoms with Crippen LogP contribution in [0.4, 0.5) is 0 Å². The van der Waals surface area contributed by atoms with Gasteiger partial charge in [-0.05, 0) is 31.6 Å². The molecule has 0 heterocycles. The first-order valence-corrected chi connectivity index (χ1v) is 7.14. The lowest BCUT2D eigenvalue weighted by Crippen LogP contribution is -2.40. The number of aliphatic hydroxyl groups excluding tert-OH is 1. The summed E-state index contributed by atoms with van der Waals surface area (Å²) in [6, 6.07) is 0.769. The maximum atomic E-state index is 9.60. The topological polar surface area (TPSA) is 32.3 Å². The van der Waals surface area contributed by atoms with E-state index in [1.54, 1.807) is 0 Å². The van der Waals surface area contributed by atoms with E-state index in [1.165, 1.54) is 51.4 Å². The van der Waals surface area contributed by atoms with Gasteiger partial charge < -0.3 is 10.4 Å². The van der Waals surface area contributed by atoms with E-state index in [1.807, 2.05) is 0 Å². The highest BCUT2D eigenvalue weighted by Gasteiger charge is 2.38. The van der Waals surface area contributed by atoms with Crippen molar-refractivity contribution in [3.63, 3.8) is 0 Å². The number of nitrogens with one attached hydrogen (secondary N) is 1. The minimum Gasteiger partial charge on any atom is -0.396 e. The smallest absolute Gasteiger partial charge is 0.0499 e. The Kier molecular flexibility index (Phi) is 4.26. The Labute approximate surface area is 99.8 Å². The summed E-state index contributed by atoms with van der Waals surface area (Å²) >= 11 is 0. The Morgan fingerprint density at radius 3 is 2.62 bits per heavy atom. The van der Waals surface area contributed by atoms with Gasteiger partial charge in [0.1, 0.15) is 0 Å². The third kappa shape index (κ3) is 2.98. The Morgan fingerprint density at radius 2 is 2.00 bits per heavy atom. The van der Waals surface area contributed by atoms with Gasteiger partial charge in [0, 0.05) is 24.6 Å². The van der Waals surface area contributed by atoms with Crippen molar-refractivity contribution in [3.8, 4) is 0 Å². The van der Waals surface area contributed by atoms with Crippen molar-refractivity contribution in [1.82, 2.24) is 5.32 Å². The second kappa shape index (κ2) is 5.50. The second-order valence-electron chi connectivity index (χ2n) is 5.99. The van der Waals surface area contributed by atoms with E-state index in [0.717, 1.165) is 18.5 Å². The van der Waals surface area contributed by atoms with E-state index in [-0.39, 0.29) is 5.41 Å². The predicted molar refractivity (Wildman–Crippen MR) is 67.4 cm³/mol. The van der Waals surface area contributed by atoms with Crippen molar-refractivity contribution < 1.29 is 5.11 Å². The molecule has 0 aromatic carbocycles. The summed E-state index contributed by atoms with van der Waals surface area (Å²) in [5.74, 6) is 0.935. The number of hydrogen-bond acceptors (Lipinski definition) is 2. The first kappa shape index (κ1) is 12.4. The van der Waals surface area contributed by atoms with Crippen molar-refractivity contribution in [2.24, 2.45) is 11.3 Å². The fraction of sp³-hybridized carbons (Fsp3) is 1.00. The molecule has 2 N–H and O–H groups in total. The monoisotopic (exact) mass is 225 g/mol. The molecule has 2 aliphatic rings. The van der Waals surface area contributed by atoms with E-state index in [2.05, 4.69) is 12.2 Å². The Balaban J connectivity index is 1.71. The van der Waals surface area contributed by atoms with Gasteiger partial charge in [-0.2, -0.15) is 0 Å². The van der Waals surface area contributed by atoms with Crippen LogP contribution < -0.4 is 5.32 Å². The summed E-state index contributed by atoms with van der Waals surface area (Å²) < 4.78 is 0. The van der Waals surface area contributed by atoms with E-state index < -0.39 is 0 Å². The molecule has 0 aromatic heterocycles. The normalized spacial score (nSPS) is 32.6. The van der Waals surface area contributed by atoms with Gasteiger partial charge in [0.2, 0.25) is 0 Å². The van der Waals surface area contributed by atoms with Crippen LogP contribution >= 0.6 is 0 Å². The molecule has 0 amide bonds. The molecule has 0 bridgehead atoms. The third-order valence-electron chi connectivity index (χ3n) is 4.57. The first-order valence-electron chi connectivity index (χ1n) is 7.14. The molecule has 2 saturated carbocycles. The van der Waals surface area contributed by atoms with Crippen LogP contribution in [-0.2, 0) is 0 Å². The first-order chi connectivity index (χ1) is 7.79. The molecule has 0 spiro atoms. The van der Waals surface area contributed by atoms with Gasteiger partial charge in [-0.15, -0.1) is 0 Å². The van der Waals surface area contributed by atoms with Crippen LogP contribution in [0.15, 0.2) is 0 Å². The SMILES string of the molecule is CCCC1CC1NCC1(CO)CCCCC1. The highest BCUT2D eigenvalue weighted by atomic mass is 16.3. The zero-order valence-corrected chi connectivity index (χ0v) is 10.7. The Morgan fingerprint density at radius 1 is 1.25 bits per heavy atom. The van der Waals surface area contributed by atoms with Crippen LogP contribution in [0.5, 0.6) is 0 Å². The van der Waals surface area contributed by atoms with E-state index in [0.29, 0.717) is 6.61 Å². The van der Waals surface area contributed by atoms with Crippen molar-refractivity contribution in [2.45, 2.75) is 64.3 Å². The van der Waals surface area contributed by atoms with Crippen LogP contribution in [-0.4, -0.2) is 24.3 Å². The van der Waals surface area contributed by atoms with Crippen LogP contribution in [0.1, 0.15) is 58.3 Å². The lowest BCUT2D eigenvalue weighted by atomic mass is 9.74. The molecule has 2 fully saturated rings. The summed E-state index contributed by atoms with van der Waals surface area (Å²) in [6.07, 6.45) is 10.5. The number of aliphatic hydroxyl groups is 1. The summed E-state index contributed by atoms with van der Waals surface area (Å²) in [5, 5.41) is 13.3. The van der Waals surface area contributed by atoms with E-state index in [4.69, 9.17) is 0 Å². The van der Waals surface area contributed by atoms with Crippen LogP contribution in [0, 0.1) is 11.3 Å². The van der Waals surface area contributed by atoms with Gasteiger partial charge in [0.25, 0.3) is 0 Å². The summed E-state index contributed by atoms with van der Waals surface area (Å²) in [6.45, 7) is 3.70. The second-order valence-corrected chi connectivity index (χ2v) is 5.99. The van der Waals surface area contributed by atoms with Crippen LogP contribution in [0.25, 0.3) is 0 Å². The zero-order chi connectivity index (χ0) is 11.4. The third-order valence-corrected chi connectivity index (χ3v) is 4.57. The minimum absolute atomic E-state index is 0.220. The standard InChI is InChI=1S/C14H27NO/c1-2-6-12-9-13(12)15-10-14(11-16)7-4-3-5-8-14/h12-13,15-16H,2-11H2,1H3. The average Bonchev–Trinajstić information content (AvgIpc) is 3.07. The van der Waals surface area contributed by atoms with Gasteiger partial charge in [-0.3, -0.25) is 0 Å². The minimum atomic E-state index is 0.220. The molecule has 2 atom stereocenters. The van der Waals surface area contributed by atoms with Gasteiger partial charge in [-0.1, -0.05) is 32.6 Å². The molecular weight excluding hydrogens is 198 g/mol. The van der Waals surface area contributed by atoms with Gasteiger partial charge in [0.15, 0.2) is 0 Å². The van der Waals surface area contributed by atoms with Crippen LogP contribution in [0.2, 0.25) is 0 Å². The quantitative estimate of drug-likeness (QED) is 0.728. The molecule has 0 aliphatic heterocycles. The Hall–Kier alpha value is -0.0800. The molecule has 2 heteroatoms. The molecule has 2 aliphatic carbocycles. The molecule has 2 rings (SSSR count). The molecule has 0 saturated heterocycles. The summed E-state index contributed by atoms with van der Waals surface area (Å²) in [4.78, 5) is 0. The van der Waals surface area contributed by atoms with Crippen molar-refractivity contribution >= 4 is 0 Å². The summed E-state index contributed by atoms with van der Waals surface area (Å²) in [7, 11) is 0. The zero-order valence-electron chi connectivity index (χ0n) is 10.7. The maximum absolute atomic E-state index is 9.60. The lowest BCUT2D eigenvalue weighted by Gasteiger charge is -2.36. The van der Waals surface area contributed by atoms with Crippen molar-refractivity contribution in [1.29, 1.82) is 0 Å². The van der Waals surface area contributed by atoms with Gasteiger partial charge >= 0.3 is 0 Å². The van der Waals surface area contributed by atoms with E-state index in [9.17, 15) is 5.11 Å². The van der Waals surface area contributed by atoms with Gasteiger partial charge in [-0.25, -0.2) is 0 Å². The fourth-order valence-corrected chi connectivity index (χ4v) is 3.23. The molecular formula is C14H27NO. The maximum Gasteiger partial charge on any atom is 0.0499 e. The highest BCUT2D eigenvalue weighted by molar-refractivity contribution is 4.95. The molecule has 2 unspecified atom stereocenters. The van der Waals surface area contributed by atoms with Gasteiger partial charge in [0.05, 0.1) is 0 Å². The number of hydrogen-bond donors (Lipinski definition) is 2. The molecule has 2 nitrogen and oxygen atoms in total. The van der Waals surface area contributed by atoms with E-state index >= 15 is 0 Å². The molecule has 94 valence electrons. The molecule has 16 heavy (non-hydrogen) atoms. The molecule has 0 aromatic rings. The van der Waals surface area contributed by atoms with Crippen molar-refractivity contribution in [3.05, 3.63) is 0 Å². The largest absolute Gasteiger partial charge is 0.396 e. The average molecular weight is 225 g/mol. The van der Waals surface area contributed by atoms with Crippen molar-refractivity contribution in [2.75, 3.05) is 13.2 Å².